The van der Waals surface area contributed by atoms with Crippen molar-refractivity contribution in [2.75, 3.05) is 0 Å². The van der Waals surface area contributed by atoms with E-state index in [0.29, 0.717) is 0 Å². The molecule has 1 nitrogen and oxygen atoms in total. The number of hydrogen-bond acceptors (Lipinski definition) is 1. The zero-order chi connectivity index (χ0) is 8.97. The van der Waals surface area contributed by atoms with Gasteiger partial charge in [-0.05, 0) is 30.5 Å². The Kier molecular flexibility index (Phi) is 3.03. The molecular weight excluding hydrogens is 146 g/mol. The zero-order valence-corrected chi connectivity index (χ0v) is 7.80. The van der Waals surface area contributed by atoms with Crippen molar-refractivity contribution in [2.45, 2.75) is 26.7 Å². The van der Waals surface area contributed by atoms with Crippen LogP contribution in [0.2, 0.25) is 0 Å². The van der Waals surface area contributed by atoms with Crippen LogP contribution in [0.5, 0.6) is 0 Å². The van der Waals surface area contributed by atoms with E-state index in [1.807, 2.05) is 19.2 Å². The maximum Gasteiger partial charge on any atom is 0.0684 e. The van der Waals surface area contributed by atoms with Crippen molar-refractivity contribution < 1.29 is 0 Å². The third-order valence-corrected chi connectivity index (χ3v) is 1.81. The molecule has 0 aliphatic rings. The van der Waals surface area contributed by atoms with E-state index in [2.05, 4.69) is 24.6 Å². The smallest absolute Gasteiger partial charge is 0.0684 e. The molecule has 0 spiro atoms. The number of nitrogens with zero attached hydrogens (tertiary/aromatic N) is 1. The van der Waals surface area contributed by atoms with Crippen molar-refractivity contribution >= 4 is 5.57 Å². The fourth-order valence-electron chi connectivity index (χ4n) is 1.29. The fraction of sp³-hybridized carbons (Fsp3) is 0.364. The molecule has 0 N–H and O–H groups in total. The van der Waals surface area contributed by atoms with Crippen molar-refractivity contribution in [3.63, 3.8) is 0 Å². The molecule has 0 radical (unpaired) electrons. The van der Waals surface area contributed by atoms with Gasteiger partial charge in [-0.2, -0.15) is 0 Å². The van der Waals surface area contributed by atoms with Crippen LogP contribution in [0.4, 0.5) is 0 Å². The molecule has 0 aliphatic heterocycles. The molecule has 1 aromatic heterocycles. The van der Waals surface area contributed by atoms with Crippen LogP contribution in [-0.4, -0.2) is 4.98 Å². The molecule has 1 heterocycles. The highest BCUT2D eigenvalue weighted by Gasteiger charge is 2.01. The van der Waals surface area contributed by atoms with Crippen LogP contribution in [0.1, 0.15) is 31.5 Å². The summed E-state index contributed by atoms with van der Waals surface area (Å²) >= 11 is 0. The van der Waals surface area contributed by atoms with Gasteiger partial charge in [0.2, 0.25) is 0 Å². The van der Waals surface area contributed by atoms with Gasteiger partial charge in [-0.15, -0.1) is 0 Å². The van der Waals surface area contributed by atoms with Crippen LogP contribution in [0.25, 0.3) is 5.57 Å². The lowest BCUT2D eigenvalue weighted by Crippen LogP contribution is -1.93. The second kappa shape index (κ2) is 4.05. The highest BCUT2D eigenvalue weighted by atomic mass is 14.7. The summed E-state index contributed by atoms with van der Waals surface area (Å²) in [6, 6.07) is 4.11. The van der Waals surface area contributed by atoms with Gasteiger partial charge in [-0.1, -0.05) is 26.0 Å². The molecule has 0 bridgehead atoms. The zero-order valence-electron chi connectivity index (χ0n) is 7.80. The highest BCUT2D eigenvalue weighted by molar-refractivity contribution is 5.60. The van der Waals surface area contributed by atoms with Crippen molar-refractivity contribution in [3.8, 4) is 0 Å². The molecule has 0 saturated carbocycles. The largest absolute Gasteiger partial charge is 0.256 e. The fourth-order valence-corrected chi connectivity index (χ4v) is 1.29. The SMILES string of the molecule is C=C(C)c1ncccc1CCC. The predicted octanol–water partition coefficient (Wildman–Crippen LogP) is 3.07. The first-order chi connectivity index (χ1) is 5.75. The lowest BCUT2D eigenvalue weighted by atomic mass is 10.0. The van der Waals surface area contributed by atoms with E-state index in [1.54, 1.807) is 0 Å². The molecule has 0 amide bonds. The second-order valence-corrected chi connectivity index (χ2v) is 3.04. The summed E-state index contributed by atoms with van der Waals surface area (Å²) in [7, 11) is 0. The molecule has 0 unspecified atom stereocenters. The van der Waals surface area contributed by atoms with Gasteiger partial charge in [-0.25, -0.2) is 0 Å². The molecule has 1 rings (SSSR count). The van der Waals surface area contributed by atoms with E-state index in [0.717, 1.165) is 24.1 Å². The normalized spacial score (nSPS) is 9.83. The summed E-state index contributed by atoms with van der Waals surface area (Å²) in [5, 5.41) is 0. The molecule has 12 heavy (non-hydrogen) atoms. The molecule has 0 saturated heterocycles. The van der Waals surface area contributed by atoms with Crippen LogP contribution in [0.3, 0.4) is 0 Å². The molecule has 1 aromatic rings. The molecular formula is C11H15N. The number of rotatable bonds is 3. The Hall–Kier alpha value is -1.11. The van der Waals surface area contributed by atoms with Crippen LogP contribution >= 0.6 is 0 Å². The Balaban J connectivity index is 3.00. The molecule has 1 heteroatoms. The quantitative estimate of drug-likeness (QED) is 0.664. The van der Waals surface area contributed by atoms with Gasteiger partial charge < -0.3 is 0 Å². The van der Waals surface area contributed by atoms with E-state index in [-0.39, 0.29) is 0 Å². The van der Waals surface area contributed by atoms with Crippen LogP contribution < -0.4 is 0 Å². The number of aryl methyl sites for hydroxylation is 1. The van der Waals surface area contributed by atoms with Gasteiger partial charge in [0.15, 0.2) is 0 Å². The van der Waals surface area contributed by atoms with E-state index in [1.165, 1.54) is 5.56 Å². The van der Waals surface area contributed by atoms with Gasteiger partial charge in [0.05, 0.1) is 5.69 Å². The number of hydrogen-bond donors (Lipinski definition) is 0. The topological polar surface area (TPSA) is 12.9 Å². The first-order valence-electron chi connectivity index (χ1n) is 4.35. The van der Waals surface area contributed by atoms with Gasteiger partial charge in [0.1, 0.15) is 0 Å². The molecule has 64 valence electrons. The number of aromatic nitrogens is 1. The van der Waals surface area contributed by atoms with Crippen LogP contribution in [0.15, 0.2) is 24.9 Å². The van der Waals surface area contributed by atoms with Gasteiger partial charge >= 0.3 is 0 Å². The average molecular weight is 161 g/mol. The average Bonchev–Trinajstić information content (AvgIpc) is 2.05. The maximum atomic E-state index is 4.30. The van der Waals surface area contributed by atoms with Gasteiger partial charge in [0, 0.05) is 6.20 Å². The standard InChI is InChI=1S/C11H15N/c1-4-6-10-7-5-8-12-11(10)9(2)3/h5,7-8H,2,4,6H2,1,3H3. The monoisotopic (exact) mass is 161 g/mol. The Bertz CT molecular complexity index is 276. The molecule has 0 aliphatic carbocycles. The number of pyridine rings is 1. The maximum absolute atomic E-state index is 4.30. The minimum absolute atomic E-state index is 1.05. The highest BCUT2D eigenvalue weighted by Crippen LogP contribution is 2.15. The van der Waals surface area contributed by atoms with Crippen molar-refractivity contribution in [1.29, 1.82) is 0 Å². The van der Waals surface area contributed by atoms with E-state index < -0.39 is 0 Å². The lowest BCUT2D eigenvalue weighted by Gasteiger charge is -2.05. The van der Waals surface area contributed by atoms with E-state index in [4.69, 9.17) is 0 Å². The van der Waals surface area contributed by atoms with Crippen LogP contribution in [-0.2, 0) is 6.42 Å². The summed E-state index contributed by atoms with van der Waals surface area (Å²) in [5.41, 5.74) is 3.44. The summed E-state index contributed by atoms with van der Waals surface area (Å²) in [5.74, 6) is 0. The van der Waals surface area contributed by atoms with Crippen LogP contribution in [0, 0.1) is 0 Å². The number of allylic oxidation sites excluding steroid dienone is 1. The summed E-state index contributed by atoms with van der Waals surface area (Å²) in [6.45, 7) is 8.08. The van der Waals surface area contributed by atoms with E-state index in [9.17, 15) is 0 Å². The summed E-state index contributed by atoms with van der Waals surface area (Å²) in [6.07, 6.45) is 4.07. The first-order valence-corrected chi connectivity index (χ1v) is 4.35. The van der Waals surface area contributed by atoms with Gasteiger partial charge in [0.25, 0.3) is 0 Å². The second-order valence-electron chi connectivity index (χ2n) is 3.04. The van der Waals surface area contributed by atoms with Crippen molar-refractivity contribution in [3.05, 3.63) is 36.2 Å². The molecule has 0 atom stereocenters. The molecule has 0 fully saturated rings. The van der Waals surface area contributed by atoms with Crippen molar-refractivity contribution in [1.82, 2.24) is 4.98 Å². The Morgan fingerprint density at radius 2 is 2.33 bits per heavy atom. The Morgan fingerprint density at radius 3 is 2.92 bits per heavy atom. The lowest BCUT2D eigenvalue weighted by molar-refractivity contribution is 0.908. The Morgan fingerprint density at radius 1 is 1.58 bits per heavy atom. The predicted molar refractivity (Wildman–Crippen MR) is 52.9 cm³/mol. The minimum atomic E-state index is 1.05. The molecule has 0 aromatic carbocycles. The third-order valence-electron chi connectivity index (χ3n) is 1.81. The minimum Gasteiger partial charge on any atom is -0.256 e. The first kappa shape index (κ1) is 8.98. The van der Waals surface area contributed by atoms with Crippen molar-refractivity contribution in [2.24, 2.45) is 0 Å². The summed E-state index contributed by atoms with van der Waals surface area (Å²) in [4.78, 5) is 4.30. The summed E-state index contributed by atoms with van der Waals surface area (Å²) < 4.78 is 0. The van der Waals surface area contributed by atoms with Gasteiger partial charge in [-0.3, -0.25) is 4.98 Å². The van der Waals surface area contributed by atoms with E-state index >= 15 is 0 Å². The third kappa shape index (κ3) is 1.94. The Labute approximate surface area is 74.2 Å².